The fourth-order valence-corrected chi connectivity index (χ4v) is 3.31. The van der Waals surface area contributed by atoms with E-state index in [0.29, 0.717) is 13.0 Å². The van der Waals surface area contributed by atoms with Crippen molar-refractivity contribution in [3.8, 4) is 0 Å². The van der Waals surface area contributed by atoms with Crippen molar-refractivity contribution in [2.24, 2.45) is 5.41 Å². The van der Waals surface area contributed by atoms with Gasteiger partial charge in [-0.05, 0) is 44.8 Å². The summed E-state index contributed by atoms with van der Waals surface area (Å²) in [5.41, 5.74) is 0.187. The van der Waals surface area contributed by atoms with Gasteiger partial charge in [0.05, 0.1) is 0 Å². The molecule has 21 heavy (non-hydrogen) atoms. The fourth-order valence-electron chi connectivity index (χ4n) is 3.31. The van der Waals surface area contributed by atoms with E-state index in [1.165, 1.54) is 0 Å². The van der Waals surface area contributed by atoms with E-state index in [0.717, 1.165) is 45.3 Å². The van der Waals surface area contributed by atoms with Crippen LogP contribution in [0.2, 0.25) is 0 Å². The Hall–Kier alpha value is -1.10. The number of likely N-dealkylation sites (tertiary alicyclic amines) is 1. The van der Waals surface area contributed by atoms with Gasteiger partial charge in [0.1, 0.15) is 6.04 Å². The lowest BCUT2D eigenvalue weighted by atomic mass is 9.80. The molecule has 1 atom stereocenters. The molecule has 2 amide bonds. The molecule has 0 spiro atoms. The van der Waals surface area contributed by atoms with Crippen molar-refractivity contribution >= 4 is 11.8 Å². The summed E-state index contributed by atoms with van der Waals surface area (Å²) < 4.78 is 0. The Morgan fingerprint density at radius 1 is 1.24 bits per heavy atom. The zero-order valence-corrected chi connectivity index (χ0v) is 13.7. The van der Waals surface area contributed by atoms with Crippen molar-refractivity contribution in [1.82, 2.24) is 15.1 Å². The lowest BCUT2D eigenvalue weighted by Gasteiger charge is -2.41. The first kappa shape index (κ1) is 16.3. The average molecular weight is 295 g/mol. The van der Waals surface area contributed by atoms with Crippen molar-refractivity contribution in [2.45, 2.75) is 52.0 Å². The maximum Gasteiger partial charge on any atom is 0.245 e. The van der Waals surface area contributed by atoms with Gasteiger partial charge in [0, 0.05) is 19.5 Å². The highest BCUT2D eigenvalue weighted by Crippen LogP contribution is 2.32. The fraction of sp³-hybridized carbons (Fsp3) is 0.875. The van der Waals surface area contributed by atoms with Gasteiger partial charge in [-0.1, -0.05) is 20.3 Å². The second kappa shape index (κ2) is 6.77. The normalized spacial score (nSPS) is 27.4. The summed E-state index contributed by atoms with van der Waals surface area (Å²) in [5, 5.41) is 2.88. The van der Waals surface area contributed by atoms with Gasteiger partial charge in [0.15, 0.2) is 0 Å². The summed E-state index contributed by atoms with van der Waals surface area (Å²) in [6.45, 7) is 7.86. The van der Waals surface area contributed by atoms with Gasteiger partial charge < -0.3 is 15.1 Å². The van der Waals surface area contributed by atoms with E-state index in [4.69, 9.17) is 0 Å². The topological polar surface area (TPSA) is 52.7 Å². The molecule has 1 unspecified atom stereocenters. The van der Waals surface area contributed by atoms with E-state index in [-0.39, 0.29) is 23.3 Å². The van der Waals surface area contributed by atoms with Crippen LogP contribution in [0.25, 0.3) is 0 Å². The molecule has 5 heteroatoms. The number of amides is 2. The van der Waals surface area contributed by atoms with Crippen LogP contribution in [0.1, 0.15) is 46.0 Å². The number of hydrogen-bond acceptors (Lipinski definition) is 3. The largest absolute Gasteiger partial charge is 0.344 e. The first-order valence-corrected chi connectivity index (χ1v) is 8.20. The number of piperidine rings is 1. The van der Waals surface area contributed by atoms with Gasteiger partial charge in [0.25, 0.3) is 0 Å². The third kappa shape index (κ3) is 4.19. The van der Waals surface area contributed by atoms with Crippen LogP contribution in [0.5, 0.6) is 0 Å². The molecule has 0 aromatic heterocycles. The number of hydrogen-bond donors (Lipinski definition) is 1. The molecule has 2 aliphatic rings. The Balaban J connectivity index is 2.03. The van der Waals surface area contributed by atoms with Crippen LogP contribution < -0.4 is 5.32 Å². The Bertz CT molecular complexity index is 389. The summed E-state index contributed by atoms with van der Waals surface area (Å²) >= 11 is 0. The van der Waals surface area contributed by atoms with Crippen molar-refractivity contribution in [2.75, 3.05) is 33.2 Å². The Morgan fingerprint density at radius 2 is 1.90 bits per heavy atom. The molecule has 0 aromatic carbocycles. The second-order valence-electron chi connectivity index (χ2n) is 7.03. The van der Waals surface area contributed by atoms with E-state index < -0.39 is 0 Å². The summed E-state index contributed by atoms with van der Waals surface area (Å²) in [6, 6.07) is -0.320. The summed E-state index contributed by atoms with van der Waals surface area (Å²) in [7, 11) is 2.15. The SMILES string of the molecule is CCCC1NC(=O)CCN(CC2(C)CCN(C)CC2)C1=O. The van der Waals surface area contributed by atoms with Gasteiger partial charge in [-0.25, -0.2) is 0 Å². The number of carbonyl (C=O) groups excluding carboxylic acids is 2. The maximum absolute atomic E-state index is 12.7. The Morgan fingerprint density at radius 3 is 2.52 bits per heavy atom. The number of nitrogens with one attached hydrogen (secondary N) is 1. The highest BCUT2D eigenvalue weighted by atomic mass is 16.2. The number of carbonyl (C=O) groups is 2. The molecule has 0 aliphatic carbocycles. The first-order valence-electron chi connectivity index (χ1n) is 8.20. The first-order chi connectivity index (χ1) is 9.93. The minimum atomic E-state index is -0.320. The molecule has 0 aromatic rings. The van der Waals surface area contributed by atoms with Gasteiger partial charge in [-0.2, -0.15) is 0 Å². The van der Waals surface area contributed by atoms with Gasteiger partial charge in [-0.15, -0.1) is 0 Å². The molecule has 120 valence electrons. The molecule has 0 radical (unpaired) electrons. The second-order valence-corrected chi connectivity index (χ2v) is 7.03. The molecule has 0 saturated carbocycles. The highest BCUT2D eigenvalue weighted by molar-refractivity contribution is 5.89. The number of nitrogens with zero attached hydrogens (tertiary/aromatic N) is 2. The summed E-state index contributed by atoms with van der Waals surface area (Å²) in [6.07, 6.45) is 4.31. The van der Waals surface area contributed by atoms with Crippen molar-refractivity contribution in [3.63, 3.8) is 0 Å². The molecule has 2 aliphatic heterocycles. The molecule has 2 rings (SSSR count). The standard InChI is InChI=1S/C16H29N3O2/c1-4-5-13-15(21)19(9-6-14(20)17-13)12-16(2)7-10-18(3)11-8-16/h13H,4-12H2,1-3H3,(H,17,20). The van der Waals surface area contributed by atoms with Gasteiger partial charge >= 0.3 is 0 Å². The Kier molecular flexibility index (Phi) is 5.25. The van der Waals surface area contributed by atoms with E-state index in [9.17, 15) is 9.59 Å². The molecular formula is C16H29N3O2. The van der Waals surface area contributed by atoms with Crippen molar-refractivity contribution in [3.05, 3.63) is 0 Å². The zero-order chi connectivity index (χ0) is 15.5. The van der Waals surface area contributed by atoms with Gasteiger partial charge in [-0.3, -0.25) is 9.59 Å². The monoisotopic (exact) mass is 295 g/mol. The maximum atomic E-state index is 12.7. The molecule has 2 fully saturated rings. The van der Waals surface area contributed by atoms with Crippen molar-refractivity contribution in [1.29, 1.82) is 0 Å². The third-order valence-corrected chi connectivity index (χ3v) is 4.90. The highest BCUT2D eigenvalue weighted by Gasteiger charge is 2.36. The summed E-state index contributed by atoms with van der Waals surface area (Å²) in [5.74, 6) is 0.126. The van der Waals surface area contributed by atoms with Crippen LogP contribution in [-0.2, 0) is 9.59 Å². The Labute approximate surface area is 128 Å². The molecule has 2 heterocycles. The van der Waals surface area contributed by atoms with E-state index in [2.05, 4.69) is 24.2 Å². The van der Waals surface area contributed by atoms with Crippen LogP contribution in [0.15, 0.2) is 0 Å². The van der Waals surface area contributed by atoms with E-state index in [1.807, 2.05) is 11.8 Å². The quantitative estimate of drug-likeness (QED) is 0.849. The lowest BCUT2D eigenvalue weighted by Crippen LogP contribution is -2.49. The predicted molar refractivity (Wildman–Crippen MR) is 82.9 cm³/mol. The van der Waals surface area contributed by atoms with Crippen LogP contribution in [0.4, 0.5) is 0 Å². The van der Waals surface area contributed by atoms with Crippen molar-refractivity contribution < 1.29 is 9.59 Å². The lowest BCUT2D eigenvalue weighted by molar-refractivity contribution is -0.135. The molecule has 2 saturated heterocycles. The summed E-state index contributed by atoms with van der Waals surface area (Å²) in [4.78, 5) is 28.7. The molecule has 0 bridgehead atoms. The predicted octanol–water partition coefficient (Wildman–Crippen LogP) is 1.24. The average Bonchev–Trinajstić information content (AvgIpc) is 2.57. The van der Waals surface area contributed by atoms with Crippen LogP contribution in [0, 0.1) is 5.41 Å². The number of rotatable bonds is 4. The van der Waals surface area contributed by atoms with Crippen LogP contribution >= 0.6 is 0 Å². The van der Waals surface area contributed by atoms with Crippen LogP contribution in [-0.4, -0.2) is 60.9 Å². The van der Waals surface area contributed by atoms with Crippen LogP contribution in [0.3, 0.4) is 0 Å². The smallest absolute Gasteiger partial charge is 0.245 e. The zero-order valence-electron chi connectivity index (χ0n) is 13.7. The molecule has 1 N–H and O–H groups in total. The van der Waals surface area contributed by atoms with Gasteiger partial charge in [0.2, 0.25) is 11.8 Å². The van der Waals surface area contributed by atoms with E-state index in [1.54, 1.807) is 0 Å². The van der Waals surface area contributed by atoms with E-state index >= 15 is 0 Å². The minimum Gasteiger partial charge on any atom is -0.344 e. The minimum absolute atomic E-state index is 0.0119. The third-order valence-electron chi connectivity index (χ3n) is 4.90. The molecular weight excluding hydrogens is 266 g/mol. The molecule has 5 nitrogen and oxygen atoms in total.